The summed E-state index contributed by atoms with van der Waals surface area (Å²) in [4.78, 5) is 19.5. The second kappa shape index (κ2) is 16.9. The van der Waals surface area contributed by atoms with E-state index in [1.165, 1.54) is 12.1 Å². The van der Waals surface area contributed by atoms with Gasteiger partial charge in [0.05, 0.1) is 16.6 Å². The van der Waals surface area contributed by atoms with Gasteiger partial charge in [0.2, 0.25) is 5.88 Å². The molecule has 1 aliphatic heterocycles. The third-order valence-electron chi connectivity index (χ3n) is 6.03. The van der Waals surface area contributed by atoms with Crippen LogP contribution in [0.5, 0.6) is 5.88 Å². The number of hydrogen-bond donors (Lipinski definition) is 7. The molecule has 1 aromatic heterocycles. The third kappa shape index (κ3) is 9.59. The summed E-state index contributed by atoms with van der Waals surface area (Å²) >= 11 is 0. The number of anilines is 1. The molecule has 43 heavy (non-hydrogen) atoms. The number of nitrogens with one attached hydrogen (secondary N) is 2. The average molecular weight is 624 g/mol. The molecule has 0 radical (unpaired) electrons. The predicted molar refractivity (Wildman–Crippen MR) is 156 cm³/mol. The Morgan fingerprint density at radius 2 is 1.44 bits per heavy atom. The van der Waals surface area contributed by atoms with Crippen LogP contribution < -0.4 is 21.3 Å². The molecule has 0 aliphatic carbocycles. The largest absolute Gasteiger partial charge is 0.479 e. The topological polar surface area (TPSA) is 192 Å². The van der Waals surface area contributed by atoms with Crippen LogP contribution in [0.25, 0.3) is 16.6 Å². The van der Waals surface area contributed by atoms with Crippen molar-refractivity contribution in [3.05, 3.63) is 84.4 Å². The highest BCUT2D eigenvalue weighted by Crippen LogP contribution is 2.29. The van der Waals surface area contributed by atoms with E-state index in [4.69, 9.17) is 31.0 Å². The maximum Gasteiger partial charge on any atom is 0.335 e. The highest BCUT2D eigenvalue weighted by atomic mass is 35.5. The van der Waals surface area contributed by atoms with E-state index in [2.05, 4.69) is 15.8 Å². The van der Waals surface area contributed by atoms with Gasteiger partial charge in [0.1, 0.15) is 23.4 Å². The summed E-state index contributed by atoms with van der Waals surface area (Å²) in [6.07, 6.45) is -2.46. The third-order valence-corrected chi connectivity index (χ3v) is 6.03. The Hall–Kier alpha value is -4.34. The minimum atomic E-state index is -2.27. The van der Waals surface area contributed by atoms with Gasteiger partial charge < -0.3 is 35.9 Å². The minimum Gasteiger partial charge on any atom is -0.479 e. The SMILES string of the molecule is Cl.Fc1ccccc1-n1nc(OC2CCNCC2)c2ccccc21.NNc1ccccc1F.O=C(O)[C@H](O)[C@@H](O)C(=O)O. The average Bonchev–Trinajstić information content (AvgIpc) is 3.36. The van der Waals surface area contributed by atoms with Crippen LogP contribution in [-0.4, -0.2) is 73.5 Å². The number of aliphatic carboxylic acids is 2. The summed E-state index contributed by atoms with van der Waals surface area (Å²) in [5.74, 6) is 1.37. The summed E-state index contributed by atoms with van der Waals surface area (Å²) in [5.41, 5.74) is 3.82. The van der Waals surface area contributed by atoms with E-state index in [9.17, 15) is 18.4 Å². The van der Waals surface area contributed by atoms with Gasteiger partial charge in [-0.2, -0.15) is 0 Å². The molecule has 232 valence electrons. The molecule has 0 bridgehead atoms. The lowest BCUT2D eigenvalue weighted by atomic mass is 10.1. The van der Waals surface area contributed by atoms with Gasteiger partial charge in [0.15, 0.2) is 12.2 Å². The summed E-state index contributed by atoms with van der Waals surface area (Å²) in [6.45, 7) is 1.91. The first-order chi connectivity index (χ1) is 20.1. The molecule has 1 aliphatic rings. The number of rotatable bonds is 7. The molecule has 1 fully saturated rings. The first kappa shape index (κ1) is 34.9. The molecular weight excluding hydrogens is 592 g/mol. The number of aliphatic hydroxyl groups excluding tert-OH is 2. The molecule has 0 amide bonds. The lowest BCUT2D eigenvalue weighted by molar-refractivity contribution is -0.165. The van der Waals surface area contributed by atoms with Gasteiger partial charge in [0, 0.05) is 0 Å². The molecule has 12 nitrogen and oxygen atoms in total. The number of nitrogen functional groups attached to an aromatic ring is 1. The lowest BCUT2D eigenvalue weighted by Crippen LogP contribution is -2.39. The monoisotopic (exact) mass is 623 g/mol. The fraction of sp³-hybridized carbons (Fsp3) is 0.250. The molecule has 0 spiro atoms. The number of hydrogen-bond acceptors (Lipinski definition) is 9. The van der Waals surface area contributed by atoms with Crippen molar-refractivity contribution in [2.45, 2.75) is 31.2 Å². The number of aliphatic hydroxyl groups is 2. The molecule has 2 atom stereocenters. The molecular formula is C28H32ClF2N5O7. The van der Waals surface area contributed by atoms with Crippen molar-refractivity contribution in [1.29, 1.82) is 0 Å². The van der Waals surface area contributed by atoms with Gasteiger partial charge >= 0.3 is 11.9 Å². The van der Waals surface area contributed by atoms with E-state index in [-0.39, 0.29) is 30.1 Å². The molecule has 4 aromatic rings. The molecule has 8 N–H and O–H groups in total. The van der Waals surface area contributed by atoms with Gasteiger partial charge in [-0.25, -0.2) is 23.1 Å². The van der Waals surface area contributed by atoms with E-state index in [1.807, 2.05) is 30.3 Å². The van der Waals surface area contributed by atoms with Gasteiger partial charge in [-0.3, -0.25) is 5.84 Å². The molecule has 0 saturated carbocycles. The number of carboxylic acid groups (broad SMARTS) is 2. The van der Waals surface area contributed by atoms with Crippen LogP contribution in [-0.2, 0) is 9.59 Å². The number of fused-ring (bicyclic) bond motifs is 1. The highest BCUT2D eigenvalue weighted by molar-refractivity contribution is 5.86. The normalized spacial score (nSPS) is 14.1. The summed E-state index contributed by atoms with van der Waals surface area (Å²) in [7, 11) is 0. The standard InChI is InChI=1S/C18H18FN3O.C6H7FN2.C4H6O6.ClH/c19-15-6-2-4-8-17(15)22-16-7-3-1-5-14(16)18(21-22)23-13-9-11-20-12-10-13;7-5-3-1-2-4-6(5)9-8;5-1(3(7)8)2(6)4(9)10;/h1-8,13,20H,9-12H2;1-4,9H,8H2;1-2,5-6H,(H,7,8)(H,9,10);1H/t;;1-,2-;/m..1./s1. The van der Waals surface area contributed by atoms with Gasteiger partial charge in [-0.05, 0) is 62.3 Å². The molecule has 2 heterocycles. The number of ether oxygens (including phenoxy) is 1. The first-order valence-electron chi connectivity index (χ1n) is 12.8. The number of piperidine rings is 1. The Labute approximate surface area is 251 Å². The first-order valence-corrected chi connectivity index (χ1v) is 12.8. The highest BCUT2D eigenvalue weighted by Gasteiger charge is 2.29. The quantitative estimate of drug-likeness (QED) is 0.118. The van der Waals surface area contributed by atoms with Crippen molar-refractivity contribution in [3.8, 4) is 11.6 Å². The van der Waals surface area contributed by atoms with Crippen LogP contribution in [0, 0.1) is 11.6 Å². The number of para-hydroxylation sites is 3. The smallest absolute Gasteiger partial charge is 0.335 e. The number of hydrazine groups is 1. The fourth-order valence-corrected chi connectivity index (χ4v) is 3.85. The lowest BCUT2D eigenvalue weighted by Gasteiger charge is -2.22. The van der Waals surface area contributed by atoms with E-state index >= 15 is 0 Å². The van der Waals surface area contributed by atoms with Crippen LogP contribution in [0.3, 0.4) is 0 Å². The Kier molecular flexibility index (Phi) is 13.7. The molecule has 5 rings (SSSR count). The number of halogens is 3. The van der Waals surface area contributed by atoms with Crippen LogP contribution in [0.15, 0.2) is 72.8 Å². The number of carboxylic acids is 2. The van der Waals surface area contributed by atoms with Crippen LogP contribution in [0.4, 0.5) is 14.5 Å². The Bertz CT molecular complexity index is 1470. The van der Waals surface area contributed by atoms with Crippen molar-refractivity contribution >= 4 is 40.9 Å². The zero-order valence-electron chi connectivity index (χ0n) is 22.6. The van der Waals surface area contributed by atoms with Gasteiger partial charge in [0.25, 0.3) is 0 Å². The van der Waals surface area contributed by atoms with Crippen molar-refractivity contribution < 1.29 is 43.5 Å². The van der Waals surface area contributed by atoms with Crippen molar-refractivity contribution in [1.82, 2.24) is 15.1 Å². The Morgan fingerprint density at radius 3 is 1.98 bits per heavy atom. The molecule has 0 unspecified atom stereocenters. The summed E-state index contributed by atoms with van der Waals surface area (Å²) in [6, 6.07) is 20.7. The number of carbonyl (C=O) groups is 2. The Morgan fingerprint density at radius 1 is 0.907 bits per heavy atom. The number of nitrogens with two attached hydrogens (primary N) is 1. The minimum absolute atomic E-state index is 0. The van der Waals surface area contributed by atoms with E-state index in [0.29, 0.717) is 17.3 Å². The number of nitrogens with zero attached hydrogens (tertiary/aromatic N) is 2. The molecule has 1 saturated heterocycles. The van der Waals surface area contributed by atoms with Crippen LogP contribution in [0.2, 0.25) is 0 Å². The molecule has 15 heteroatoms. The van der Waals surface area contributed by atoms with Gasteiger partial charge in [-0.15, -0.1) is 17.5 Å². The summed E-state index contributed by atoms with van der Waals surface area (Å²) < 4.78 is 34.4. The van der Waals surface area contributed by atoms with E-state index in [0.717, 1.165) is 36.8 Å². The predicted octanol–water partition coefficient (Wildman–Crippen LogP) is 2.71. The number of aromatic nitrogens is 2. The number of benzene rings is 3. The molecule has 3 aromatic carbocycles. The fourth-order valence-electron chi connectivity index (χ4n) is 3.85. The van der Waals surface area contributed by atoms with Crippen molar-refractivity contribution in [2.75, 3.05) is 18.5 Å². The summed E-state index contributed by atoms with van der Waals surface area (Å²) in [5, 5.41) is 41.3. The van der Waals surface area contributed by atoms with Crippen LogP contribution >= 0.6 is 12.4 Å². The Balaban J connectivity index is 0.000000269. The van der Waals surface area contributed by atoms with Crippen LogP contribution in [0.1, 0.15) is 12.8 Å². The van der Waals surface area contributed by atoms with E-state index in [1.54, 1.807) is 35.0 Å². The van der Waals surface area contributed by atoms with Crippen molar-refractivity contribution in [2.24, 2.45) is 5.84 Å². The van der Waals surface area contributed by atoms with E-state index < -0.39 is 24.1 Å². The van der Waals surface area contributed by atoms with Crippen molar-refractivity contribution in [3.63, 3.8) is 0 Å². The second-order valence-corrected chi connectivity index (χ2v) is 8.94. The maximum atomic E-state index is 14.2. The van der Waals surface area contributed by atoms with Gasteiger partial charge in [-0.1, -0.05) is 36.4 Å². The maximum absolute atomic E-state index is 14.2. The zero-order valence-corrected chi connectivity index (χ0v) is 23.5. The second-order valence-electron chi connectivity index (χ2n) is 8.94. The zero-order chi connectivity index (χ0) is 30.6.